The first-order valence-corrected chi connectivity index (χ1v) is 10.3. The van der Waals surface area contributed by atoms with Crippen molar-refractivity contribution in [3.8, 4) is 17.2 Å². The minimum absolute atomic E-state index is 0.0839. The molecule has 162 valence electrons. The number of hydrogen-bond donors (Lipinski definition) is 1. The van der Waals surface area contributed by atoms with Crippen LogP contribution in [-0.2, 0) is 4.79 Å². The van der Waals surface area contributed by atoms with Gasteiger partial charge in [0.1, 0.15) is 5.75 Å². The van der Waals surface area contributed by atoms with Gasteiger partial charge in [-0.05, 0) is 30.7 Å². The summed E-state index contributed by atoms with van der Waals surface area (Å²) in [6, 6.07) is 13.6. The van der Waals surface area contributed by atoms with E-state index in [2.05, 4.69) is 21.2 Å². The van der Waals surface area contributed by atoms with Crippen LogP contribution in [-0.4, -0.2) is 64.4 Å². The number of anilines is 2. The highest BCUT2D eigenvalue weighted by atomic mass is 16.5. The van der Waals surface area contributed by atoms with Crippen LogP contribution in [0.25, 0.3) is 0 Å². The number of benzene rings is 2. The molecule has 1 aliphatic rings. The zero-order valence-corrected chi connectivity index (χ0v) is 18.0. The molecule has 1 fully saturated rings. The first kappa shape index (κ1) is 21.8. The van der Waals surface area contributed by atoms with Gasteiger partial charge < -0.3 is 24.4 Å². The van der Waals surface area contributed by atoms with Crippen molar-refractivity contribution in [3.63, 3.8) is 0 Å². The fourth-order valence-corrected chi connectivity index (χ4v) is 3.60. The van der Waals surface area contributed by atoms with Gasteiger partial charge in [-0.15, -0.1) is 0 Å². The zero-order chi connectivity index (χ0) is 21.3. The van der Waals surface area contributed by atoms with Crippen LogP contribution in [0.2, 0.25) is 0 Å². The lowest BCUT2D eigenvalue weighted by atomic mass is 10.2. The summed E-state index contributed by atoms with van der Waals surface area (Å²) in [6.07, 6.45) is 0.959. The summed E-state index contributed by atoms with van der Waals surface area (Å²) in [4.78, 5) is 16.0. The number of methoxy groups -OCH3 is 2. The number of rotatable bonds is 9. The Morgan fingerprint density at radius 1 is 1.00 bits per heavy atom. The highest BCUT2D eigenvalue weighted by Crippen LogP contribution is 2.31. The molecule has 30 heavy (non-hydrogen) atoms. The standard InChI is InChI=1S/C23H31N3O4/c1-18(27)24-19-6-4-7-21(16-19)30-15-5-10-25-11-13-26(14-12-25)20-8-9-22(28-2)23(17-20)29-3/h4,6-9,16-17H,5,10-15H2,1-3H3,(H,24,27). The molecule has 0 bridgehead atoms. The van der Waals surface area contributed by atoms with Crippen molar-refractivity contribution in [1.29, 1.82) is 0 Å². The minimum Gasteiger partial charge on any atom is -0.493 e. The molecule has 1 heterocycles. The summed E-state index contributed by atoms with van der Waals surface area (Å²) in [7, 11) is 3.32. The van der Waals surface area contributed by atoms with Gasteiger partial charge in [-0.25, -0.2) is 0 Å². The quantitative estimate of drug-likeness (QED) is 0.637. The maximum absolute atomic E-state index is 11.2. The first-order valence-electron chi connectivity index (χ1n) is 10.3. The van der Waals surface area contributed by atoms with E-state index in [9.17, 15) is 4.79 Å². The number of piperazine rings is 1. The van der Waals surface area contributed by atoms with Crippen LogP contribution in [0.15, 0.2) is 42.5 Å². The third-order valence-electron chi connectivity index (χ3n) is 5.15. The Morgan fingerprint density at radius 2 is 1.77 bits per heavy atom. The van der Waals surface area contributed by atoms with Gasteiger partial charge in [-0.2, -0.15) is 0 Å². The topological polar surface area (TPSA) is 63.3 Å². The molecule has 0 unspecified atom stereocenters. The normalized spacial score (nSPS) is 14.3. The van der Waals surface area contributed by atoms with E-state index in [0.29, 0.717) is 6.61 Å². The molecule has 1 amide bonds. The Morgan fingerprint density at radius 3 is 2.47 bits per heavy atom. The fraction of sp³-hybridized carbons (Fsp3) is 0.435. The van der Waals surface area contributed by atoms with Gasteiger partial charge in [-0.1, -0.05) is 6.07 Å². The molecular formula is C23H31N3O4. The molecule has 3 rings (SSSR count). The molecule has 0 atom stereocenters. The zero-order valence-electron chi connectivity index (χ0n) is 18.0. The van der Waals surface area contributed by atoms with Crippen LogP contribution < -0.4 is 24.4 Å². The van der Waals surface area contributed by atoms with Crippen molar-refractivity contribution in [2.45, 2.75) is 13.3 Å². The van der Waals surface area contributed by atoms with Crippen molar-refractivity contribution in [2.24, 2.45) is 0 Å². The lowest BCUT2D eigenvalue weighted by Crippen LogP contribution is -2.46. The van der Waals surface area contributed by atoms with E-state index >= 15 is 0 Å². The van der Waals surface area contributed by atoms with E-state index in [-0.39, 0.29) is 5.91 Å². The maximum atomic E-state index is 11.2. The van der Waals surface area contributed by atoms with E-state index < -0.39 is 0 Å². The third-order valence-corrected chi connectivity index (χ3v) is 5.15. The summed E-state index contributed by atoms with van der Waals surface area (Å²) in [5.74, 6) is 2.21. The maximum Gasteiger partial charge on any atom is 0.221 e. The van der Waals surface area contributed by atoms with Crippen LogP contribution in [0.5, 0.6) is 17.2 Å². The van der Waals surface area contributed by atoms with Gasteiger partial charge in [0.2, 0.25) is 5.91 Å². The Hall–Kier alpha value is -2.93. The van der Waals surface area contributed by atoms with Gasteiger partial charge in [0, 0.05) is 63.2 Å². The van der Waals surface area contributed by atoms with E-state index in [1.165, 1.54) is 6.92 Å². The number of hydrogen-bond acceptors (Lipinski definition) is 6. The monoisotopic (exact) mass is 413 g/mol. The predicted molar refractivity (Wildman–Crippen MR) is 119 cm³/mol. The van der Waals surface area contributed by atoms with Crippen molar-refractivity contribution >= 4 is 17.3 Å². The smallest absolute Gasteiger partial charge is 0.221 e. The summed E-state index contributed by atoms with van der Waals surface area (Å²) in [5, 5.41) is 2.77. The van der Waals surface area contributed by atoms with E-state index in [1.807, 2.05) is 36.4 Å². The number of nitrogens with one attached hydrogen (secondary N) is 1. The van der Waals surface area contributed by atoms with Crippen molar-refractivity contribution in [1.82, 2.24) is 4.90 Å². The molecule has 0 saturated carbocycles. The second-order valence-electron chi connectivity index (χ2n) is 7.28. The molecule has 1 saturated heterocycles. The van der Waals surface area contributed by atoms with Crippen molar-refractivity contribution in [3.05, 3.63) is 42.5 Å². The largest absolute Gasteiger partial charge is 0.493 e. The molecule has 1 aliphatic heterocycles. The van der Waals surface area contributed by atoms with E-state index in [1.54, 1.807) is 14.2 Å². The highest BCUT2D eigenvalue weighted by molar-refractivity contribution is 5.88. The Labute approximate surface area is 178 Å². The number of amides is 1. The molecule has 0 spiro atoms. The third kappa shape index (κ3) is 6.03. The van der Waals surface area contributed by atoms with Crippen molar-refractivity contribution in [2.75, 3.05) is 63.8 Å². The second-order valence-corrected chi connectivity index (χ2v) is 7.28. The molecule has 0 radical (unpaired) electrons. The van der Waals surface area contributed by atoms with Crippen LogP contribution in [0.1, 0.15) is 13.3 Å². The van der Waals surface area contributed by atoms with E-state index in [0.717, 1.165) is 67.8 Å². The van der Waals surface area contributed by atoms with Gasteiger partial charge in [0.25, 0.3) is 0 Å². The molecule has 7 heteroatoms. The van der Waals surface area contributed by atoms with Gasteiger partial charge in [0.05, 0.1) is 20.8 Å². The molecule has 0 aliphatic carbocycles. The minimum atomic E-state index is -0.0839. The highest BCUT2D eigenvalue weighted by Gasteiger charge is 2.18. The molecule has 1 N–H and O–H groups in total. The summed E-state index contributed by atoms with van der Waals surface area (Å²) in [5.41, 5.74) is 1.92. The summed E-state index contributed by atoms with van der Waals surface area (Å²) < 4.78 is 16.6. The molecule has 2 aromatic carbocycles. The fourth-order valence-electron chi connectivity index (χ4n) is 3.60. The van der Waals surface area contributed by atoms with Gasteiger partial charge >= 0.3 is 0 Å². The van der Waals surface area contributed by atoms with Gasteiger partial charge in [0.15, 0.2) is 11.5 Å². The summed E-state index contributed by atoms with van der Waals surface area (Å²) >= 11 is 0. The van der Waals surface area contributed by atoms with Crippen LogP contribution >= 0.6 is 0 Å². The number of carbonyl (C=O) groups excluding carboxylic acids is 1. The second kappa shape index (κ2) is 10.7. The van der Waals surface area contributed by atoms with E-state index in [4.69, 9.17) is 14.2 Å². The van der Waals surface area contributed by atoms with Crippen LogP contribution in [0, 0.1) is 0 Å². The predicted octanol–water partition coefficient (Wildman–Crippen LogP) is 3.25. The average molecular weight is 414 g/mol. The average Bonchev–Trinajstić information content (AvgIpc) is 2.76. The number of carbonyl (C=O) groups is 1. The number of nitrogens with zero attached hydrogens (tertiary/aromatic N) is 2. The molecule has 0 aromatic heterocycles. The Kier molecular flexibility index (Phi) is 7.79. The number of ether oxygens (including phenoxy) is 3. The molecular weight excluding hydrogens is 382 g/mol. The molecule has 2 aromatic rings. The lowest BCUT2D eigenvalue weighted by molar-refractivity contribution is -0.114. The van der Waals surface area contributed by atoms with Gasteiger partial charge in [-0.3, -0.25) is 9.69 Å². The first-order chi connectivity index (χ1) is 14.6. The Balaban J connectivity index is 1.40. The van der Waals surface area contributed by atoms with Crippen molar-refractivity contribution < 1.29 is 19.0 Å². The molecule has 7 nitrogen and oxygen atoms in total. The lowest BCUT2D eigenvalue weighted by Gasteiger charge is -2.36. The SMILES string of the molecule is COc1ccc(N2CCN(CCCOc3cccc(NC(C)=O)c3)CC2)cc1OC. The van der Waals surface area contributed by atoms with Crippen LogP contribution in [0.4, 0.5) is 11.4 Å². The van der Waals surface area contributed by atoms with Crippen LogP contribution in [0.3, 0.4) is 0 Å². The Bertz CT molecular complexity index is 835. The summed E-state index contributed by atoms with van der Waals surface area (Å²) in [6.45, 7) is 7.16.